The number of hydrogen-bond acceptors (Lipinski definition) is 2. The molecule has 2 aromatic rings. The van der Waals surface area contributed by atoms with Crippen LogP contribution >= 0.6 is 0 Å². The lowest BCUT2D eigenvalue weighted by molar-refractivity contribution is -0.138. The standard InChI is InChI=1S/C18H19FN2O2/c1-18(2,16(22)20-12-13-8-4-3-5-9-13)17(23)21-15-11-7-6-10-14(15)19/h3-11H,12H2,1-2H3,(H,20,22)(H,21,23). The van der Waals surface area contributed by atoms with E-state index in [9.17, 15) is 14.0 Å². The molecule has 2 rings (SSSR count). The van der Waals surface area contributed by atoms with Gasteiger partial charge in [0, 0.05) is 6.54 Å². The quantitative estimate of drug-likeness (QED) is 0.833. The molecular weight excluding hydrogens is 295 g/mol. The Morgan fingerprint density at radius 2 is 1.57 bits per heavy atom. The van der Waals surface area contributed by atoms with E-state index in [0.717, 1.165) is 5.56 Å². The summed E-state index contributed by atoms with van der Waals surface area (Å²) >= 11 is 0. The maximum Gasteiger partial charge on any atom is 0.239 e. The summed E-state index contributed by atoms with van der Waals surface area (Å²) in [6.07, 6.45) is 0. The SMILES string of the molecule is CC(C)(C(=O)NCc1ccccc1)C(=O)Nc1ccccc1F. The van der Waals surface area contributed by atoms with Gasteiger partial charge in [0.15, 0.2) is 0 Å². The average molecular weight is 314 g/mol. The number of carbonyl (C=O) groups is 2. The Hall–Kier alpha value is -2.69. The van der Waals surface area contributed by atoms with Crippen LogP contribution in [0.4, 0.5) is 10.1 Å². The first-order chi connectivity index (χ1) is 10.9. The molecule has 0 saturated carbocycles. The van der Waals surface area contributed by atoms with Crippen LogP contribution < -0.4 is 10.6 Å². The molecule has 2 amide bonds. The van der Waals surface area contributed by atoms with Crippen molar-refractivity contribution < 1.29 is 14.0 Å². The lowest BCUT2D eigenvalue weighted by atomic mass is 9.90. The van der Waals surface area contributed by atoms with Gasteiger partial charge in [-0.1, -0.05) is 42.5 Å². The van der Waals surface area contributed by atoms with Gasteiger partial charge in [-0.15, -0.1) is 0 Å². The van der Waals surface area contributed by atoms with Gasteiger partial charge in [0.05, 0.1) is 5.69 Å². The van der Waals surface area contributed by atoms with Crippen molar-refractivity contribution in [1.82, 2.24) is 5.32 Å². The van der Waals surface area contributed by atoms with E-state index in [-0.39, 0.29) is 5.69 Å². The number of amides is 2. The van der Waals surface area contributed by atoms with Gasteiger partial charge in [0.2, 0.25) is 11.8 Å². The zero-order valence-electron chi connectivity index (χ0n) is 13.1. The maximum atomic E-state index is 13.6. The molecule has 0 heterocycles. The van der Waals surface area contributed by atoms with E-state index in [1.807, 2.05) is 30.3 Å². The molecular formula is C18H19FN2O2. The van der Waals surface area contributed by atoms with Gasteiger partial charge in [-0.3, -0.25) is 9.59 Å². The first-order valence-electron chi connectivity index (χ1n) is 7.29. The van der Waals surface area contributed by atoms with Crippen molar-refractivity contribution in [1.29, 1.82) is 0 Å². The molecule has 0 saturated heterocycles. The maximum absolute atomic E-state index is 13.6. The van der Waals surface area contributed by atoms with Crippen LogP contribution in [0.2, 0.25) is 0 Å². The number of nitrogens with one attached hydrogen (secondary N) is 2. The Bertz CT molecular complexity index is 699. The Labute approximate surface area is 134 Å². The summed E-state index contributed by atoms with van der Waals surface area (Å²) in [5.74, 6) is -1.52. The third kappa shape index (κ3) is 4.16. The first kappa shape index (κ1) is 16.7. The number of para-hydroxylation sites is 1. The van der Waals surface area contributed by atoms with E-state index in [1.54, 1.807) is 6.07 Å². The van der Waals surface area contributed by atoms with E-state index < -0.39 is 23.0 Å². The third-order valence-corrected chi connectivity index (χ3v) is 3.55. The highest BCUT2D eigenvalue weighted by Gasteiger charge is 2.36. The molecule has 0 aliphatic heterocycles. The highest BCUT2D eigenvalue weighted by molar-refractivity contribution is 6.09. The lowest BCUT2D eigenvalue weighted by Gasteiger charge is -2.23. The molecule has 0 bridgehead atoms. The van der Waals surface area contributed by atoms with Gasteiger partial charge in [-0.2, -0.15) is 0 Å². The normalized spacial score (nSPS) is 10.9. The monoisotopic (exact) mass is 314 g/mol. The van der Waals surface area contributed by atoms with Crippen LogP contribution in [0, 0.1) is 11.2 Å². The molecule has 0 fully saturated rings. The van der Waals surface area contributed by atoms with Crippen LogP contribution in [0.5, 0.6) is 0 Å². The third-order valence-electron chi connectivity index (χ3n) is 3.55. The van der Waals surface area contributed by atoms with Gasteiger partial charge in [-0.05, 0) is 31.5 Å². The van der Waals surface area contributed by atoms with Gasteiger partial charge in [0.25, 0.3) is 0 Å². The Morgan fingerprint density at radius 1 is 0.957 bits per heavy atom. The average Bonchev–Trinajstić information content (AvgIpc) is 2.55. The fourth-order valence-electron chi connectivity index (χ4n) is 1.94. The Balaban J connectivity index is 2.00. The molecule has 0 unspecified atom stereocenters. The second kappa shape index (κ2) is 7.05. The summed E-state index contributed by atoms with van der Waals surface area (Å²) in [7, 11) is 0. The number of rotatable bonds is 5. The van der Waals surface area contributed by atoms with Crippen LogP contribution in [-0.2, 0) is 16.1 Å². The number of halogens is 1. The van der Waals surface area contributed by atoms with Crippen LogP contribution in [-0.4, -0.2) is 11.8 Å². The predicted octanol–water partition coefficient (Wildman–Crippen LogP) is 3.11. The van der Waals surface area contributed by atoms with Crippen LogP contribution in [0.3, 0.4) is 0 Å². The Morgan fingerprint density at radius 3 is 2.22 bits per heavy atom. The van der Waals surface area contributed by atoms with E-state index >= 15 is 0 Å². The molecule has 0 aliphatic carbocycles. The summed E-state index contributed by atoms with van der Waals surface area (Å²) in [5.41, 5.74) is -0.329. The van der Waals surface area contributed by atoms with Crippen molar-refractivity contribution >= 4 is 17.5 Å². The van der Waals surface area contributed by atoms with Crippen molar-refractivity contribution in [2.24, 2.45) is 5.41 Å². The summed E-state index contributed by atoms with van der Waals surface area (Å²) < 4.78 is 13.6. The van der Waals surface area contributed by atoms with E-state index in [1.165, 1.54) is 32.0 Å². The number of hydrogen-bond donors (Lipinski definition) is 2. The van der Waals surface area contributed by atoms with E-state index in [4.69, 9.17) is 0 Å². The van der Waals surface area contributed by atoms with Gasteiger partial charge >= 0.3 is 0 Å². The van der Waals surface area contributed by atoms with Crippen LogP contribution in [0.25, 0.3) is 0 Å². The smallest absolute Gasteiger partial charge is 0.239 e. The van der Waals surface area contributed by atoms with Gasteiger partial charge in [0.1, 0.15) is 11.2 Å². The minimum atomic E-state index is -1.32. The molecule has 2 aromatic carbocycles. The molecule has 0 atom stereocenters. The topological polar surface area (TPSA) is 58.2 Å². The lowest BCUT2D eigenvalue weighted by Crippen LogP contribution is -2.45. The van der Waals surface area contributed by atoms with Crippen molar-refractivity contribution in [3.63, 3.8) is 0 Å². The molecule has 0 aliphatic rings. The summed E-state index contributed by atoms with van der Waals surface area (Å²) in [6.45, 7) is 3.34. The molecule has 0 aromatic heterocycles. The van der Waals surface area contributed by atoms with E-state index in [0.29, 0.717) is 6.54 Å². The molecule has 0 radical (unpaired) electrons. The first-order valence-corrected chi connectivity index (χ1v) is 7.29. The van der Waals surface area contributed by atoms with Gasteiger partial charge in [-0.25, -0.2) is 4.39 Å². The number of carbonyl (C=O) groups excluding carboxylic acids is 2. The Kier molecular flexibility index (Phi) is 5.11. The second-order valence-electron chi connectivity index (χ2n) is 5.73. The molecule has 120 valence electrons. The summed E-state index contributed by atoms with van der Waals surface area (Å²) in [5, 5.41) is 5.18. The molecule has 0 spiro atoms. The highest BCUT2D eigenvalue weighted by atomic mass is 19.1. The molecule has 5 heteroatoms. The fourth-order valence-corrected chi connectivity index (χ4v) is 1.94. The zero-order valence-corrected chi connectivity index (χ0v) is 13.1. The number of anilines is 1. The minimum absolute atomic E-state index is 0.0569. The largest absolute Gasteiger partial charge is 0.351 e. The van der Waals surface area contributed by atoms with Crippen molar-refractivity contribution in [2.45, 2.75) is 20.4 Å². The number of benzene rings is 2. The van der Waals surface area contributed by atoms with Crippen molar-refractivity contribution in [3.8, 4) is 0 Å². The molecule has 23 heavy (non-hydrogen) atoms. The summed E-state index contributed by atoms with van der Waals surface area (Å²) in [6, 6.07) is 15.2. The van der Waals surface area contributed by atoms with Crippen molar-refractivity contribution in [3.05, 3.63) is 66.0 Å². The molecule has 2 N–H and O–H groups in total. The van der Waals surface area contributed by atoms with Crippen LogP contribution in [0.1, 0.15) is 19.4 Å². The highest BCUT2D eigenvalue weighted by Crippen LogP contribution is 2.21. The van der Waals surface area contributed by atoms with Gasteiger partial charge < -0.3 is 10.6 Å². The summed E-state index contributed by atoms with van der Waals surface area (Å²) in [4.78, 5) is 24.6. The van der Waals surface area contributed by atoms with Crippen molar-refractivity contribution in [2.75, 3.05) is 5.32 Å². The molecule has 4 nitrogen and oxygen atoms in total. The fraction of sp³-hybridized carbons (Fsp3) is 0.222. The minimum Gasteiger partial charge on any atom is -0.351 e. The predicted molar refractivity (Wildman–Crippen MR) is 87.1 cm³/mol. The zero-order chi connectivity index (χ0) is 16.9. The van der Waals surface area contributed by atoms with Crippen LogP contribution in [0.15, 0.2) is 54.6 Å². The second-order valence-corrected chi connectivity index (χ2v) is 5.73. The van der Waals surface area contributed by atoms with E-state index in [2.05, 4.69) is 10.6 Å².